The van der Waals surface area contributed by atoms with E-state index in [9.17, 15) is 0 Å². The van der Waals surface area contributed by atoms with Gasteiger partial charge in [-0.15, -0.1) is 0 Å². The van der Waals surface area contributed by atoms with E-state index in [0.29, 0.717) is 0 Å². The summed E-state index contributed by atoms with van der Waals surface area (Å²) in [4.78, 5) is 5.07. The van der Waals surface area contributed by atoms with E-state index < -0.39 is 0 Å². The highest BCUT2D eigenvalue weighted by Crippen LogP contribution is 2.51. The van der Waals surface area contributed by atoms with Crippen LogP contribution >= 0.6 is 0 Å². The largest absolute Gasteiger partial charge is 0.311 e. The molecule has 0 radical (unpaired) electrons. The Bertz CT molecular complexity index is 2640. The smallest absolute Gasteiger partial charge is 0.252 e. The van der Waals surface area contributed by atoms with Crippen LogP contribution in [0, 0.1) is 0 Å². The molecule has 53 heavy (non-hydrogen) atoms. The van der Waals surface area contributed by atoms with E-state index in [1.807, 2.05) is 0 Å². The van der Waals surface area contributed by atoms with E-state index >= 15 is 0 Å². The topological polar surface area (TPSA) is 6.48 Å². The molecule has 3 heteroatoms. The van der Waals surface area contributed by atoms with Crippen LogP contribution in [0.5, 0.6) is 0 Å². The standard InChI is InChI=1S/C50H33BN2/c1-5-18-34(19-6-1)46-40-28-15-13-22-36(40)32-42-49(46)52(38-24-9-3-10-25-38)44-30-17-31-45-48(44)51(42)43-33-37-23-14-16-29-41(37)47(35-20-7-2-8-21-35)50(43)53(45)39-26-11-4-12-27-39/h1-33H. The first-order valence-corrected chi connectivity index (χ1v) is 18.4. The Morgan fingerprint density at radius 3 is 1.15 bits per heavy atom. The summed E-state index contributed by atoms with van der Waals surface area (Å²) in [5.41, 5.74) is 16.1. The molecular formula is C50H33BN2. The quantitative estimate of drug-likeness (QED) is 0.172. The highest BCUT2D eigenvalue weighted by molar-refractivity contribution is 7.01. The van der Waals surface area contributed by atoms with Gasteiger partial charge in [-0.05, 0) is 85.5 Å². The zero-order chi connectivity index (χ0) is 34.9. The molecule has 2 heterocycles. The molecule has 9 aromatic carbocycles. The zero-order valence-corrected chi connectivity index (χ0v) is 29.0. The van der Waals surface area contributed by atoms with E-state index in [0.717, 1.165) is 11.4 Å². The highest BCUT2D eigenvalue weighted by atomic mass is 15.2. The van der Waals surface area contributed by atoms with Crippen molar-refractivity contribution in [1.29, 1.82) is 0 Å². The van der Waals surface area contributed by atoms with Crippen LogP contribution in [0.15, 0.2) is 200 Å². The van der Waals surface area contributed by atoms with Crippen LogP contribution in [0.25, 0.3) is 43.8 Å². The SMILES string of the molecule is c1ccc(-c2c3c(cc4ccccc24)B2c4cc5ccccc5c(-c5ccccc5)c4N(c4ccccc4)c4cccc(c42)N3c2ccccc2)cc1. The van der Waals surface area contributed by atoms with Gasteiger partial charge in [-0.25, -0.2) is 0 Å². The minimum absolute atomic E-state index is 0.0229. The summed E-state index contributed by atoms with van der Waals surface area (Å²) >= 11 is 0. The van der Waals surface area contributed by atoms with E-state index in [-0.39, 0.29) is 6.71 Å². The Morgan fingerprint density at radius 2 is 0.717 bits per heavy atom. The Hall–Kier alpha value is -6.84. The van der Waals surface area contributed by atoms with Crippen molar-refractivity contribution in [2.45, 2.75) is 0 Å². The molecule has 0 unspecified atom stereocenters. The number of hydrogen-bond acceptors (Lipinski definition) is 2. The molecule has 0 aliphatic carbocycles. The molecule has 2 aliphatic heterocycles. The second-order valence-corrected chi connectivity index (χ2v) is 14.0. The molecule has 0 saturated heterocycles. The van der Waals surface area contributed by atoms with Crippen LogP contribution in [0.3, 0.4) is 0 Å². The molecule has 2 nitrogen and oxygen atoms in total. The van der Waals surface area contributed by atoms with Crippen molar-refractivity contribution in [3.8, 4) is 22.3 Å². The lowest BCUT2D eigenvalue weighted by molar-refractivity contribution is 1.26. The van der Waals surface area contributed by atoms with Crippen molar-refractivity contribution in [3.05, 3.63) is 200 Å². The first-order chi connectivity index (χ1) is 26.3. The number of fused-ring (bicyclic) bond motifs is 6. The maximum absolute atomic E-state index is 2.53. The third-order valence-electron chi connectivity index (χ3n) is 11.2. The van der Waals surface area contributed by atoms with Gasteiger partial charge in [0.25, 0.3) is 6.71 Å². The normalized spacial score (nSPS) is 12.8. The van der Waals surface area contributed by atoms with Gasteiger partial charge in [-0.3, -0.25) is 0 Å². The lowest BCUT2D eigenvalue weighted by Gasteiger charge is -2.45. The lowest BCUT2D eigenvalue weighted by atomic mass is 9.33. The highest BCUT2D eigenvalue weighted by Gasteiger charge is 2.45. The molecule has 246 valence electrons. The molecule has 0 aromatic heterocycles. The molecule has 0 fully saturated rings. The molecule has 0 saturated carbocycles. The van der Waals surface area contributed by atoms with Gasteiger partial charge in [0.2, 0.25) is 0 Å². The molecule has 0 amide bonds. The summed E-state index contributed by atoms with van der Waals surface area (Å²) < 4.78 is 0. The monoisotopic (exact) mass is 672 g/mol. The summed E-state index contributed by atoms with van der Waals surface area (Å²) in [7, 11) is 0. The van der Waals surface area contributed by atoms with Gasteiger partial charge in [0.15, 0.2) is 0 Å². The second kappa shape index (κ2) is 11.9. The van der Waals surface area contributed by atoms with Crippen molar-refractivity contribution in [2.24, 2.45) is 0 Å². The molecular weight excluding hydrogens is 639 g/mol. The Kier molecular flexibility index (Phi) is 6.68. The van der Waals surface area contributed by atoms with Crippen molar-refractivity contribution in [2.75, 3.05) is 9.80 Å². The fourth-order valence-electron chi connectivity index (χ4n) is 9.07. The predicted octanol–water partition coefficient (Wildman–Crippen LogP) is 11.4. The summed E-state index contributed by atoms with van der Waals surface area (Å²) in [5.74, 6) is 0. The van der Waals surface area contributed by atoms with Crippen LogP contribution in [-0.2, 0) is 0 Å². The molecule has 2 aliphatic rings. The van der Waals surface area contributed by atoms with E-state index in [4.69, 9.17) is 0 Å². The number of para-hydroxylation sites is 2. The van der Waals surface area contributed by atoms with E-state index in [2.05, 4.69) is 210 Å². The van der Waals surface area contributed by atoms with Gasteiger partial charge < -0.3 is 9.80 Å². The Balaban J connectivity index is 1.35. The van der Waals surface area contributed by atoms with Gasteiger partial charge in [0.1, 0.15) is 0 Å². The predicted molar refractivity (Wildman–Crippen MR) is 226 cm³/mol. The van der Waals surface area contributed by atoms with Crippen LogP contribution in [0.4, 0.5) is 34.1 Å². The molecule has 0 N–H and O–H groups in total. The van der Waals surface area contributed by atoms with Crippen LogP contribution < -0.4 is 26.2 Å². The third-order valence-corrected chi connectivity index (χ3v) is 11.2. The molecule has 0 spiro atoms. The van der Waals surface area contributed by atoms with Crippen LogP contribution in [-0.4, -0.2) is 6.71 Å². The first-order valence-electron chi connectivity index (χ1n) is 18.4. The van der Waals surface area contributed by atoms with E-state index in [1.54, 1.807) is 0 Å². The average molecular weight is 673 g/mol. The fraction of sp³-hybridized carbons (Fsp3) is 0. The number of nitrogens with zero attached hydrogens (tertiary/aromatic N) is 2. The minimum atomic E-state index is -0.0229. The number of hydrogen-bond donors (Lipinski definition) is 0. The third kappa shape index (κ3) is 4.47. The fourth-order valence-corrected chi connectivity index (χ4v) is 9.07. The molecule has 0 bridgehead atoms. The summed E-state index contributed by atoms with van der Waals surface area (Å²) in [6.45, 7) is -0.0229. The maximum Gasteiger partial charge on any atom is 0.252 e. The van der Waals surface area contributed by atoms with Crippen molar-refractivity contribution < 1.29 is 0 Å². The maximum atomic E-state index is 2.53. The van der Waals surface area contributed by atoms with Gasteiger partial charge in [0, 0.05) is 45.3 Å². The van der Waals surface area contributed by atoms with Crippen molar-refractivity contribution in [1.82, 2.24) is 0 Å². The molecule has 0 atom stereocenters. The van der Waals surface area contributed by atoms with Crippen molar-refractivity contribution >= 4 is 78.8 Å². The van der Waals surface area contributed by atoms with E-state index in [1.165, 1.54) is 82.9 Å². The molecule has 9 aromatic rings. The summed E-state index contributed by atoms with van der Waals surface area (Å²) in [6.07, 6.45) is 0. The van der Waals surface area contributed by atoms with Crippen LogP contribution in [0.1, 0.15) is 0 Å². The first kappa shape index (κ1) is 29.9. The van der Waals surface area contributed by atoms with Crippen LogP contribution in [0.2, 0.25) is 0 Å². The van der Waals surface area contributed by atoms with Gasteiger partial charge in [-0.2, -0.15) is 0 Å². The Morgan fingerprint density at radius 1 is 0.340 bits per heavy atom. The van der Waals surface area contributed by atoms with Gasteiger partial charge in [-0.1, -0.05) is 164 Å². The number of anilines is 6. The minimum Gasteiger partial charge on any atom is -0.311 e. The zero-order valence-electron chi connectivity index (χ0n) is 29.0. The van der Waals surface area contributed by atoms with Gasteiger partial charge >= 0.3 is 0 Å². The van der Waals surface area contributed by atoms with Gasteiger partial charge in [0.05, 0.1) is 0 Å². The summed E-state index contributed by atoms with van der Waals surface area (Å²) in [6, 6.07) is 73.5. The number of benzene rings is 9. The van der Waals surface area contributed by atoms with Crippen molar-refractivity contribution in [3.63, 3.8) is 0 Å². The molecule has 11 rings (SSSR count). The second-order valence-electron chi connectivity index (χ2n) is 14.0. The average Bonchev–Trinajstić information content (AvgIpc) is 3.23. The Labute approximate surface area is 309 Å². The summed E-state index contributed by atoms with van der Waals surface area (Å²) in [5, 5.41) is 5.00. The number of rotatable bonds is 4. The lowest BCUT2D eigenvalue weighted by Crippen LogP contribution is -2.61.